The average molecular weight is 520 g/mol. The van der Waals surface area contributed by atoms with Crippen molar-refractivity contribution in [3.63, 3.8) is 0 Å². The number of carbonyl (C=O) groups excluding carboxylic acids is 2. The predicted molar refractivity (Wildman–Crippen MR) is 139 cm³/mol. The van der Waals surface area contributed by atoms with Crippen LogP contribution in [0.2, 0.25) is 10.0 Å². The molecule has 0 saturated heterocycles. The minimum absolute atomic E-state index is 0.0809. The smallest absolute Gasteiger partial charge is 0.240 e. The second kappa shape index (κ2) is 10.1. The lowest BCUT2D eigenvalue weighted by Gasteiger charge is -2.16. The van der Waals surface area contributed by atoms with Crippen LogP contribution in [0, 0.1) is 5.92 Å². The maximum absolute atomic E-state index is 13.1. The van der Waals surface area contributed by atoms with Crippen LogP contribution >= 0.6 is 23.2 Å². The first-order chi connectivity index (χ1) is 17.4. The van der Waals surface area contributed by atoms with E-state index in [1.54, 1.807) is 29.2 Å². The molecule has 7 nitrogen and oxygen atoms in total. The Labute approximate surface area is 218 Å². The SMILES string of the molecule is NC(=O)[C@H](Cc1ccccc1)NC(=O)C1CC1c1cc(-c2cccnc2)nn1-c1ccc(Cl)c(Cl)c1. The van der Waals surface area contributed by atoms with Gasteiger partial charge >= 0.3 is 0 Å². The summed E-state index contributed by atoms with van der Waals surface area (Å²) in [5.74, 6) is -1.15. The number of carbonyl (C=O) groups is 2. The molecule has 1 aliphatic rings. The fourth-order valence-corrected chi connectivity index (χ4v) is 4.59. The van der Waals surface area contributed by atoms with Gasteiger partial charge in [0.05, 0.1) is 21.4 Å². The zero-order chi connectivity index (χ0) is 25.2. The van der Waals surface area contributed by atoms with Gasteiger partial charge in [0, 0.05) is 41.9 Å². The van der Waals surface area contributed by atoms with Crippen LogP contribution in [0.1, 0.15) is 23.6 Å². The largest absolute Gasteiger partial charge is 0.368 e. The molecule has 3 N–H and O–H groups in total. The van der Waals surface area contributed by atoms with Gasteiger partial charge in [0.2, 0.25) is 11.8 Å². The molecule has 36 heavy (non-hydrogen) atoms. The second-order valence-corrected chi connectivity index (χ2v) is 9.62. The Bertz CT molecular complexity index is 1410. The summed E-state index contributed by atoms with van der Waals surface area (Å²) in [4.78, 5) is 29.4. The van der Waals surface area contributed by atoms with Crippen molar-refractivity contribution in [2.75, 3.05) is 0 Å². The summed E-state index contributed by atoms with van der Waals surface area (Å²) < 4.78 is 1.79. The van der Waals surface area contributed by atoms with Crippen LogP contribution in [0.15, 0.2) is 79.1 Å². The maximum Gasteiger partial charge on any atom is 0.240 e. The number of nitrogens with zero attached hydrogens (tertiary/aromatic N) is 3. The molecule has 0 aliphatic heterocycles. The van der Waals surface area contributed by atoms with Crippen LogP contribution in [0.25, 0.3) is 16.9 Å². The molecule has 182 valence electrons. The summed E-state index contributed by atoms with van der Waals surface area (Å²) in [5, 5.41) is 8.50. The summed E-state index contributed by atoms with van der Waals surface area (Å²) in [6.07, 6.45) is 4.41. The van der Waals surface area contributed by atoms with E-state index in [9.17, 15) is 9.59 Å². The van der Waals surface area contributed by atoms with Crippen LogP contribution in [-0.4, -0.2) is 32.6 Å². The molecule has 4 aromatic rings. The van der Waals surface area contributed by atoms with Crippen LogP contribution in [-0.2, 0) is 16.0 Å². The Hall–Kier alpha value is -3.68. The second-order valence-electron chi connectivity index (χ2n) is 8.81. The van der Waals surface area contributed by atoms with E-state index in [4.69, 9.17) is 34.0 Å². The Kier molecular flexibility index (Phi) is 6.76. The van der Waals surface area contributed by atoms with Crippen molar-refractivity contribution < 1.29 is 9.59 Å². The normalized spacial score (nSPS) is 17.4. The first kappa shape index (κ1) is 24.0. The molecule has 2 amide bonds. The number of primary amides is 1. The van der Waals surface area contributed by atoms with Crippen LogP contribution in [0.4, 0.5) is 0 Å². The Morgan fingerprint density at radius 3 is 2.56 bits per heavy atom. The molecule has 9 heteroatoms. The summed E-state index contributed by atoms with van der Waals surface area (Å²) in [5.41, 5.74) is 9.71. The fraction of sp³-hybridized carbons (Fsp3) is 0.185. The Morgan fingerprint density at radius 1 is 1.06 bits per heavy atom. The third kappa shape index (κ3) is 5.12. The molecule has 3 atom stereocenters. The molecule has 0 radical (unpaired) electrons. The van der Waals surface area contributed by atoms with Crippen LogP contribution in [0.3, 0.4) is 0 Å². The monoisotopic (exact) mass is 519 g/mol. The van der Waals surface area contributed by atoms with Gasteiger partial charge in [0.15, 0.2) is 0 Å². The lowest BCUT2D eigenvalue weighted by molar-refractivity contribution is -0.128. The molecule has 5 rings (SSSR count). The molecule has 0 bridgehead atoms. The number of halogens is 2. The molecule has 1 fully saturated rings. The van der Waals surface area contributed by atoms with Crippen molar-refractivity contribution in [3.05, 3.63) is 100 Å². The van der Waals surface area contributed by atoms with Crippen LogP contribution in [0.5, 0.6) is 0 Å². The van der Waals surface area contributed by atoms with Crippen molar-refractivity contribution >= 4 is 35.0 Å². The first-order valence-corrected chi connectivity index (χ1v) is 12.3. The van der Waals surface area contributed by atoms with Gasteiger partial charge in [-0.1, -0.05) is 53.5 Å². The maximum atomic E-state index is 13.1. The molecule has 1 aliphatic carbocycles. The van der Waals surface area contributed by atoms with Gasteiger partial charge in [0.1, 0.15) is 6.04 Å². The number of nitrogens with one attached hydrogen (secondary N) is 1. The number of benzene rings is 2. The lowest BCUT2D eigenvalue weighted by atomic mass is 10.1. The summed E-state index contributed by atoms with van der Waals surface area (Å²) >= 11 is 12.4. The zero-order valence-electron chi connectivity index (χ0n) is 19.1. The third-order valence-electron chi connectivity index (χ3n) is 6.29. The van der Waals surface area contributed by atoms with Crippen LogP contribution < -0.4 is 11.1 Å². The molecule has 0 spiro atoms. The van der Waals surface area contributed by atoms with E-state index in [1.807, 2.05) is 54.6 Å². The van der Waals surface area contributed by atoms with E-state index in [-0.39, 0.29) is 17.7 Å². The van der Waals surface area contributed by atoms with Crippen molar-refractivity contribution in [2.45, 2.75) is 24.8 Å². The number of rotatable bonds is 8. The number of aromatic nitrogens is 3. The van der Waals surface area contributed by atoms with E-state index < -0.39 is 11.9 Å². The Morgan fingerprint density at radius 2 is 1.86 bits per heavy atom. The van der Waals surface area contributed by atoms with Gasteiger partial charge in [-0.3, -0.25) is 14.6 Å². The highest BCUT2D eigenvalue weighted by Crippen LogP contribution is 2.49. The fourth-order valence-electron chi connectivity index (χ4n) is 4.30. The van der Waals surface area contributed by atoms with Gasteiger partial charge in [-0.25, -0.2) is 4.68 Å². The quantitative estimate of drug-likeness (QED) is 0.356. The molecular formula is C27H23Cl2N5O2. The third-order valence-corrected chi connectivity index (χ3v) is 7.03. The zero-order valence-corrected chi connectivity index (χ0v) is 20.7. The highest BCUT2D eigenvalue weighted by Gasteiger charge is 2.47. The number of hydrogen-bond donors (Lipinski definition) is 2. The number of pyridine rings is 1. The highest BCUT2D eigenvalue weighted by molar-refractivity contribution is 6.42. The van der Waals surface area contributed by atoms with Crippen molar-refractivity contribution in [2.24, 2.45) is 11.7 Å². The number of hydrogen-bond acceptors (Lipinski definition) is 4. The van der Waals surface area contributed by atoms with E-state index in [0.717, 1.165) is 28.2 Å². The van der Waals surface area contributed by atoms with Crippen molar-refractivity contribution in [1.82, 2.24) is 20.1 Å². The molecule has 2 aromatic carbocycles. The van der Waals surface area contributed by atoms with Gasteiger partial charge in [0.25, 0.3) is 0 Å². The average Bonchev–Trinajstić information content (AvgIpc) is 3.57. The lowest BCUT2D eigenvalue weighted by Crippen LogP contribution is -2.46. The molecule has 2 aromatic heterocycles. The Balaban J connectivity index is 1.40. The standard InChI is InChI=1S/C27H23Cl2N5O2/c28-21-9-8-18(12-22(21)29)34-25(14-23(33-34)17-7-4-10-31-15-17)19-13-20(19)27(36)32-24(26(30)35)11-16-5-2-1-3-6-16/h1-10,12,14-15,19-20,24H,11,13H2,(H2,30,35)(H,32,36)/t19?,20?,24-/m0/s1. The van der Waals surface area contributed by atoms with Gasteiger partial charge < -0.3 is 11.1 Å². The summed E-state index contributed by atoms with van der Waals surface area (Å²) in [6.45, 7) is 0. The van der Waals surface area contributed by atoms with Crippen molar-refractivity contribution in [3.8, 4) is 16.9 Å². The highest BCUT2D eigenvalue weighted by atomic mass is 35.5. The number of amides is 2. The van der Waals surface area contributed by atoms with Crippen molar-refractivity contribution in [1.29, 1.82) is 0 Å². The topological polar surface area (TPSA) is 103 Å². The predicted octanol–water partition coefficient (Wildman–Crippen LogP) is 4.56. The number of nitrogens with two attached hydrogens (primary N) is 1. The molecule has 2 heterocycles. The van der Waals surface area contributed by atoms with E-state index >= 15 is 0 Å². The van der Waals surface area contributed by atoms with E-state index in [0.29, 0.717) is 22.9 Å². The summed E-state index contributed by atoms with van der Waals surface area (Å²) in [6, 6.07) is 19.7. The van der Waals surface area contributed by atoms with E-state index in [1.165, 1.54) is 0 Å². The minimum Gasteiger partial charge on any atom is -0.368 e. The van der Waals surface area contributed by atoms with Gasteiger partial charge in [-0.15, -0.1) is 0 Å². The minimum atomic E-state index is -0.785. The van der Waals surface area contributed by atoms with E-state index in [2.05, 4.69) is 10.3 Å². The summed E-state index contributed by atoms with van der Waals surface area (Å²) in [7, 11) is 0. The molecular weight excluding hydrogens is 497 g/mol. The molecule has 2 unspecified atom stereocenters. The van der Waals surface area contributed by atoms with Gasteiger partial charge in [-0.05, 0) is 48.4 Å². The first-order valence-electron chi connectivity index (χ1n) is 11.5. The molecule has 1 saturated carbocycles. The van der Waals surface area contributed by atoms with Gasteiger partial charge in [-0.2, -0.15) is 5.10 Å².